The van der Waals surface area contributed by atoms with Gasteiger partial charge in [-0.05, 0) is 37.6 Å². The fourth-order valence-electron chi connectivity index (χ4n) is 3.52. The number of aromatic nitrogens is 1. The zero-order chi connectivity index (χ0) is 19.0. The molecule has 1 aromatic heterocycles. The van der Waals surface area contributed by atoms with Gasteiger partial charge in [-0.2, -0.15) is 0 Å². The molecule has 0 saturated carbocycles. The van der Waals surface area contributed by atoms with Crippen LogP contribution < -0.4 is 5.32 Å². The van der Waals surface area contributed by atoms with Gasteiger partial charge in [0.15, 0.2) is 9.04 Å². The Bertz CT molecular complexity index is 645. The van der Waals surface area contributed by atoms with Gasteiger partial charge in [-0.25, -0.2) is 0 Å². The van der Waals surface area contributed by atoms with E-state index < -0.39 is 14.6 Å². The van der Waals surface area contributed by atoms with Crippen LogP contribution in [0.25, 0.3) is 0 Å². The maximum Gasteiger partial charge on any atom is 0.228 e. The maximum absolute atomic E-state index is 12.5. The molecule has 0 aromatic carbocycles. The highest BCUT2D eigenvalue weighted by Gasteiger charge is 2.58. The monoisotopic (exact) mass is 378 g/mol. The van der Waals surface area contributed by atoms with E-state index >= 15 is 0 Å². The van der Waals surface area contributed by atoms with Crippen LogP contribution in [0.1, 0.15) is 40.3 Å². The third-order valence-electron chi connectivity index (χ3n) is 5.38. The van der Waals surface area contributed by atoms with Gasteiger partial charge in [0, 0.05) is 17.0 Å². The molecule has 0 bridgehead atoms. The maximum atomic E-state index is 12.5. The minimum absolute atomic E-state index is 0.0201. The zero-order valence-corrected chi connectivity index (χ0v) is 18.3. The molecule has 1 fully saturated rings. The molecule has 4 atom stereocenters. The Morgan fingerprint density at radius 3 is 2.40 bits per heavy atom. The number of pyridine rings is 1. The lowest BCUT2D eigenvalue weighted by molar-refractivity contribution is -0.160. The van der Waals surface area contributed by atoms with Crippen LogP contribution in [0, 0.1) is 17.3 Å². The summed E-state index contributed by atoms with van der Waals surface area (Å²) < 4.78 is 6.46. The third kappa shape index (κ3) is 3.86. The smallest absolute Gasteiger partial charge is 0.228 e. The minimum Gasteiger partial charge on any atom is -0.414 e. The van der Waals surface area contributed by atoms with Gasteiger partial charge in [0.25, 0.3) is 0 Å². The van der Waals surface area contributed by atoms with Crippen molar-refractivity contribution < 1.29 is 9.22 Å². The summed E-state index contributed by atoms with van der Waals surface area (Å²) in [6.45, 7) is 14.9. The third-order valence-corrected chi connectivity index (χ3v) is 6.93. The second-order valence-electron chi connectivity index (χ2n) is 8.40. The molecule has 1 aromatic rings. The van der Waals surface area contributed by atoms with Crippen LogP contribution in [0.4, 0.5) is 0 Å². The van der Waals surface area contributed by atoms with Crippen LogP contribution in [-0.4, -0.2) is 36.4 Å². The van der Waals surface area contributed by atoms with E-state index in [0.29, 0.717) is 0 Å². The van der Waals surface area contributed by atoms with Gasteiger partial charge in [-0.15, -0.1) is 0 Å². The molecule has 25 heavy (non-hydrogen) atoms. The van der Waals surface area contributed by atoms with Gasteiger partial charge >= 0.3 is 0 Å². The Hall–Kier alpha value is -1.11. The first-order valence-corrected chi connectivity index (χ1v) is 12.1. The first kappa shape index (κ1) is 20.2. The second kappa shape index (κ2) is 7.25. The predicted octanol–water partition coefficient (Wildman–Crippen LogP) is 3.36. The van der Waals surface area contributed by atoms with E-state index in [0.717, 1.165) is 10.6 Å². The summed E-state index contributed by atoms with van der Waals surface area (Å²) in [5.74, 6) is -0.126. The highest BCUT2D eigenvalue weighted by atomic mass is 32.1. The quantitative estimate of drug-likeness (QED) is 0.357. The lowest BCUT2D eigenvalue weighted by atomic mass is 9.62. The highest BCUT2D eigenvalue weighted by molar-refractivity contribution is 7.80. The van der Waals surface area contributed by atoms with E-state index in [1.54, 1.807) is 6.20 Å². The van der Waals surface area contributed by atoms with Crippen LogP contribution in [0.3, 0.4) is 0 Å². The van der Waals surface area contributed by atoms with E-state index in [2.05, 4.69) is 58.0 Å². The second-order valence-corrected chi connectivity index (χ2v) is 11.2. The zero-order valence-electron chi connectivity index (χ0n) is 16.3. The van der Waals surface area contributed by atoms with Gasteiger partial charge in [0.2, 0.25) is 5.91 Å². The van der Waals surface area contributed by atoms with Crippen molar-refractivity contribution in [2.24, 2.45) is 17.3 Å². The molecule has 0 aliphatic carbocycles. The summed E-state index contributed by atoms with van der Waals surface area (Å²) in [7, 11) is -1.33. The van der Waals surface area contributed by atoms with Gasteiger partial charge in [0.1, 0.15) is 0 Å². The van der Waals surface area contributed by atoms with Gasteiger partial charge in [0.05, 0.1) is 23.3 Å². The summed E-state index contributed by atoms with van der Waals surface area (Å²) in [6.07, 6.45) is 1.75. The molecule has 0 spiro atoms. The molecule has 1 aliphatic heterocycles. The van der Waals surface area contributed by atoms with Crippen LogP contribution in [-0.2, 0) is 9.22 Å². The predicted molar refractivity (Wildman–Crippen MR) is 108 cm³/mol. The van der Waals surface area contributed by atoms with Crippen molar-refractivity contribution in [3.8, 4) is 0 Å². The van der Waals surface area contributed by atoms with Crippen molar-refractivity contribution in [1.29, 1.82) is 0 Å². The van der Waals surface area contributed by atoms with Crippen molar-refractivity contribution in [3.05, 3.63) is 30.1 Å². The SMILES string of the molecule is C[C@@H](C(=S)c1ccccn1)[C@H]1NC(=O)[C@@H]1[C@@](C)(O[SiH](C)C)C(C)(C)C. The molecule has 1 aliphatic rings. The highest BCUT2D eigenvalue weighted by Crippen LogP contribution is 2.46. The first-order chi connectivity index (χ1) is 11.5. The van der Waals surface area contributed by atoms with Gasteiger partial charge < -0.3 is 9.74 Å². The molecule has 1 amide bonds. The van der Waals surface area contributed by atoms with Crippen molar-refractivity contribution in [2.75, 3.05) is 0 Å². The number of β-lactam (4-membered cyclic amide) rings is 1. The summed E-state index contributed by atoms with van der Waals surface area (Å²) in [5.41, 5.74) is 0.132. The molecule has 138 valence electrons. The van der Waals surface area contributed by atoms with Crippen LogP contribution in [0.15, 0.2) is 24.4 Å². The number of rotatable bonds is 6. The number of thiocarbonyl (C=S) groups is 1. The van der Waals surface area contributed by atoms with Crippen molar-refractivity contribution in [1.82, 2.24) is 10.3 Å². The minimum atomic E-state index is -1.33. The normalized spacial score (nSPS) is 24.2. The number of carbonyl (C=O) groups excluding carboxylic acids is 1. The van der Waals surface area contributed by atoms with Gasteiger partial charge in [-0.3, -0.25) is 9.78 Å². The van der Waals surface area contributed by atoms with E-state index in [1.807, 2.05) is 18.2 Å². The molecule has 4 nitrogen and oxygen atoms in total. The molecule has 0 radical (unpaired) electrons. The fourth-order valence-corrected chi connectivity index (χ4v) is 5.27. The molecule has 1 saturated heterocycles. The van der Waals surface area contributed by atoms with E-state index in [4.69, 9.17) is 16.6 Å². The largest absolute Gasteiger partial charge is 0.414 e. The van der Waals surface area contributed by atoms with E-state index in [9.17, 15) is 4.79 Å². The standard InChI is InChI=1S/C19H30N2O2SSi/c1-12(16(24)13-10-8-9-11-20-13)15-14(17(22)21-15)19(5,18(2,3)4)23-25(6)7/h8-12,14-15,25H,1-7H3,(H,21,22)/t12-,14-,15-,19-/m1/s1. The van der Waals surface area contributed by atoms with Crippen molar-refractivity contribution >= 4 is 32.0 Å². The molecular weight excluding hydrogens is 348 g/mol. The topological polar surface area (TPSA) is 51.2 Å². The summed E-state index contributed by atoms with van der Waals surface area (Å²) in [5, 5.41) is 3.08. The average Bonchev–Trinajstić information content (AvgIpc) is 2.50. The number of amides is 1. The van der Waals surface area contributed by atoms with Crippen molar-refractivity contribution in [2.45, 2.75) is 59.4 Å². The molecular formula is C19H30N2O2SSi. The van der Waals surface area contributed by atoms with Crippen LogP contribution in [0.2, 0.25) is 13.1 Å². The van der Waals surface area contributed by atoms with E-state index in [-0.39, 0.29) is 29.2 Å². The summed E-state index contributed by atoms with van der Waals surface area (Å²) in [4.78, 5) is 17.7. The molecule has 1 N–H and O–H groups in total. The fraction of sp³-hybridized carbons (Fsp3) is 0.632. The molecule has 6 heteroatoms. The molecule has 0 unspecified atom stereocenters. The number of nitrogens with zero attached hydrogens (tertiary/aromatic N) is 1. The lowest BCUT2D eigenvalue weighted by Crippen LogP contribution is -2.72. The summed E-state index contributed by atoms with van der Waals surface area (Å²) in [6, 6.07) is 5.71. The Kier molecular flexibility index (Phi) is 5.86. The van der Waals surface area contributed by atoms with E-state index in [1.165, 1.54) is 0 Å². The molecule has 2 heterocycles. The van der Waals surface area contributed by atoms with Crippen molar-refractivity contribution in [3.63, 3.8) is 0 Å². The Morgan fingerprint density at radius 2 is 1.96 bits per heavy atom. The number of carbonyl (C=O) groups is 1. The molecule has 2 rings (SSSR count). The van der Waals surface area contributed by atoms with Crippen LogP contribution in [0.5, 0.6) is 0 Å². The summed E-state index contributed by atoms with van der Waals surface area (Å²) >= 11 is 5.67. The van der Waals surface area contributed by atoms with Crippen LogP contribution >= 0.6 is 12.2 Å². The number of hydrogen-bond donors (Lipinski definition) is 1. The Labute approximate surface area is 158 Å². The Balaban J connectivity index is 2.30. The first-order valence-electron chi connectivity index (χ1n) is 8.92. The number of nitrogens with one attached hydrogen (secondary N) is 1. The Morgan fingerprint density at radius 1 is 1.32 bits per heavy atom. The average molecular weight is 379 g/mol. The number of hydrogen-bond acceptors (Lipinski definition) is 4. The lowest BCUT2D eigenvalue weighted by Gasteiger charge is -2.55. The van der Waals surface area contributed by atoms with Gasteiger partial charge in [-0.1, -0.05) is 46.0 Å².